The van der Waals surface area contributed by atoms with Crippen LogP contribution in [0.4, 0.5) is 17.1 Å². The fraction of sp³-hybridized carbons (Fsp3) is 0. The number of hydrogen-bond donors (Lipinski definition) is 2. The number of fused-ring (bicyclic) bond motifs is 1. The lowest BCUT2D eigenvalue weighted by molar-refractivity contribution is 0.484. The second-order valence-electron chi connectivity index (χ2n) is 5.77. The van der Waals surface area contributed by atoms with Crippen molar-refractivity contribution in [3.8, 4) is 11.6 Å². The van der Waals surface area contributed by atoms with Crippen LogP contribution in [-0.2, 0) is 10.1 Å². The lowest BCUT2D eigenvalue weighted by Gasteiger charge is -2.09. The van der Waals surface area contributed by atoms with Gasteiger partial charge in [0.05, 0.1) is 18.1 Å². The Bertz CT molecular complexity index is 1280. The van der Waals surface area contributed by atoms with Crippen molar-refractivity contribution < 1.29 is 17.4 Å². The number of nitrogens with zero attached hydrogens (tertiary/aromatic N) is 4. The monoisotopic (exact) mass is 395 g/mol. The predicted molar refractivity (Wildman–Crippen MR) is 102 cm³/mol. The largest absolute Gasteiger partial charge is 0.443 e. The molecule has 3 N–H and O–H groups in total. The fourth-order valence-electron chi connectivity index (χ4n) is 2.68. The maximum Gasteiger partial charge on any atom is 0.295 e. The van der Waals surface area contributed by atoms with E-state index in [0.29, 0.717) is 28.0 Å². The number of aromatic nitrogens is 2. The number of rotatable bonds is 4. The Balaban J connectivity index is 1.74. The van der Waals surface area contributed by atoms with Crippen molar-refractivity contribution in [3.05, 3.63) is 61.1 Å². The zero-order valence-corrected chi connectivity index (χ0v) is 15.0. The van der Waals surface area contributed by atoms with Gasteiger partial charge in [0.1, 0.15) is 28.2 Å². The summed E-state index contributed by atoms with van der Waals surface area (Å²) in [7, 11) is -4.47. The number of pyridine rings is 1. The zero-order valence-electron chi connectivity index (χ0n) is 14.2. The lowest BCUT2D eigenvalue weighted by Crippen LogP contribution is -2.01. The molecule has 0 aliphatic rings. The van der Waals surface area contributed by atoms with Crippen LogP contribution in [0.15, 0.2) is 80.7 Å². The second kappa shape index (κ2) is 6.83. The first-order valence-corrected chi connectivity index (χ1v) is 9.44. The van der Waals surface area contributed by atoms with E-state index in [1.165, 1.54) is 24.7 Å². The number of nitrogen functional groups attached to an aromatic ring is 1. The molecule has 28 heavy (non-hydrogen) atoms. The number of oxazole rings is 1. The molecule has 2 aromatic heterocycles. The van der Waals surface area contributed by atoms with Gasteiger partial charge in [-0.3, -0.25) is 4.55 Å². The molecule has 2 heterocycles. The third-order valence-electron chi connectivity index (χ3n) is 3.98. The Morgan fingerprint density at radius 3 is 2.46 bits per heavy atom. The van der Waals surface area contributed by atoms with Gasteiger partial charge in [0.2, 0.25) is 5.89 Å². The van der Waals surface area contributed by atoms with E-state index in [4.69, 9.17) is 10.2 Å². The summed E-state index contributed by atoms with van der Waals surface area (Å²) in [6, 6.07) is 11.1. The minimum Gasteiger partial charge on any atom is -0.443 e. The molecule has 0 aliphatic heterocycles. The summed E-state index contributed by atoms with van der Waals surface area (Å²) in [5.74, 6) is 0.375. The van der Waals surface area contributed by atoms with E-state index in [1.54, 1.807) is 36.4 Å². The predicted octanol–water partition coefficient (Wildman–Crippen LogP) is 4.13. The Labute approximate surface area is 159 Å². The molecule has 10 heteroatoms. The molecular weight excluding hydrogens is 382 g/mol. The average Bonchev–Trinajstić information content (AvgIpc) is 3.22. The summed E-state index contributed by atoms with van der Waals surface area (Å²) < 4.78 is 38.2. The SMILES string of the molecule is Nc1c(/N=N/c2ccc(-c3ncco3)nc2)cc(S(=O)(=O)O)c2ccccc12. The maximum absolute atomic E-state index is 11.8. The minimum atomic E-state index is -4.47. The lowest BCUT2D eigenvalue weighted by atomic mass is 10.1. The van der Waals surface area contributed by atoms with Crippen molar-refractivity contribution in [2.45, 2.75) is 4.90 Å². The molecule has 0 bridgehead atoms. The molecule has 0 aliphatic carbocycles. The van der Waals surface area contributed by atoms with Crippen LogP contribution in [0.2, 0.25) is 0 Å². The van der Waals surface area contributed by atoms with Gasteiger partial charge in [-0.05, 0) is 18.2 Å². The maximum atomic E-state index is 11.8. The summed E-state index contributed by atoms with van der Waals surface area (Å²) in [4.78, 5) is 7.90. The molecule has 0 fully saturated rings. The summed E-state index contributed by atoms with van der Waals surface area (Å²) in [5, 5.41) is 8.84. The van der Waals surface area contributed by atoms with E-state index in [9.17, 15) is 13.0 Å². The molecule has 4 rings (SSSR count). The Morgan fingerprint density at radius 2 is 1.82 bits per heavy atom. The average molecular weight is 395 g/mol. The number of anilines is 1. The molecule has 0 atom stereocenters. The van der Waals surface area contributed by atoms with Gasteiger partial charge in [-0.1, -0.05) is 24.3 Å². The van der Waals surface area contributed by atoms with Gasteiger partial charge in [-0.25, -0.2) is 9.97 Å². The quantitative estimate of drug-likeness (QED) is 0.300. The van der Waals surface area contributed by atoms with Crippen LogP contribution in [-0.4, -0.2) is 22.9 Å². The van der Waals surface area contributed by atoms with Crippen LogP contribution < -0.4 is 5.73 Å². The standard InChI is InChI=1S/C18H13N5O4S/c19-17-13-4-2-1-3-12(13)16(28(24,25)26)9-15(17)23-22-11-5-6-14(21-10-11)18-20-7-8-27-18/h1-10H,19H2,(H,24,25,26)/b23-22+. The zero-order chi connectivity index (χ0) is 19.7. The van der Waals surface area contributed by atoms with Gasteiger partial charge in [-0.15, -0.1) is 10.2 Å². The normalized spacial score (nSPS) is 12.0. The number of nitrogens with two attached hydrogens (primary N) is 1. The minimum absolute atomic E-state index is 0.114. The summed E-state index contributed by atoms with van der Waals surface area (Å²) in [5.41, 5.74) is 7.42. The highest BCUT2D eigenvalue weighted by Crippen LogP contribution is 2.36. The van der Waals surface area contributed by atoms with E-state index >= 15 is 0 Å². The number of hydrogen-bond acceptors (Lipinski definition) is 8. The molecule has 0 radical (unpaired) electrons. The first-order chi connectivity index (χ1) is 13.4. The number of azo groups is 1. The van der Waals surface area contributed by atoms with Gasteiger partial charge in [0.15, 0.2) is 0 Å². The first-order valence-electron chi connectivity index (χ1n) is 8.00. The Kier molecular flexibility index (Phi) is 4.34. The van der Waals surface area contributed by atoms with Crippen LogP contribution in [0.1, 0.15) is 0 Å². The molecule has 0 unspecified atom stereocenters. The van der Waals surface area contributed by atoms with Crippen LogP contribution in [0.5, 0.6) is 0 Å². The van der Waals surface area contributed by atoms with Gasteiger partial charge >= 0.3 is 0 Å². The molecule has 4 aromatic rings. The van der Waals surface area contributed by atoms with Crippen LogP contribution >= 0.6 is 0 Å². The van der Waals surface area contributed by atoms with Gasteiger partial charge < -0.3 is 10.2 Å². The first kappa shape index (κ1) is 17.8. The van der Waals surface area contributed by atoms with Crippen LogP contribution in [0, 0.1) is 0 Å². The van der Waals surface area contributed by atoms with Gasteiger partial charge in [0, 0.05) is 10.8 Å². The highest BCUT2D eigenvalue weighted by molar-refractivity contribution is 7.86. The smallest absolute Gasteiger partial charge is 0.295 e. The highest BCUT2D eigenvalue weighted by atomic mass is 32.2. The summed E-state index contributed by atoms with van der Waals surface area (Å²) >= 11 is 0. The van der Waals surface area contributed by atoms with Crippen molar-refractivity contribution in [1.29, 1.82) is 0 Å². The van der Waals surface area contributed by atoms with Gasteiger partial charge in [0.25, 0.3) is 10.1 Å². The summed E-state index contributed by atoms with van der Waals surface area (Å²) in [6.45, 7) is 0. The van der Waals surface area contributed by atoms with E-state index in [-0.39, 0.29) is 16.3 Å². The Hall–Kier alpha value is -3.63. The molecule has 140 valence electrons. The molecule has 0 spiro atoms. The fourth-order valence-corrected chi connectivity index (χ4v) is 3.40. The van der Waals surface area contributed by atoms with Crippen molar-refractivity contribution >= 4 is 38.0 Å². The molecule has 0 saturated heterocycles. The van der Waals surface area contributed by atoms with Crippen LogP contribution in [0.3, 0.4) is 0 Å². The van der Waals surface area contributed by atoms with E-state index < -0.39 is 10.1 Å². The molecule has 0 amide bonds. The van der Waals surface area contributed by atoms with Gasteiger partial charge in [-0.2, -0.15) is 8.42 Å². The van der Waals surface area contributed by atoms with Crippen molar-refractivity contribution in [3.63, 3.8) is 0 Å². The molecule has 9 nitrogen and oxygen atoms in total. The van der Waals surface area contributed by atoms with Crippen molar-refractivity contribution in [2.24, 2.45) is 10.2 Å². The third-order valence-corrected chi connectivity index (χ3v) is 4.87. The van der Waals surface area contributed by atoms with Crippen molar-refractivity contribution in [2.75, 3.05) is 5.73 Å². The van der Waals surface area contributed by atoms with E-state index in [0.717, 1.165) is 0 Å². The van der Waals surface area contributed by atoms with E-state index in [1.807, 2.05) is 0 Å². The topological polar surface area (TPSA) is 144 Å². The third kappa shape index (κ3) is 3.33. The van der Waals surface area contributed by atoms with E-state index in [2.05, 4.69) is 20.2 Å². The molecule has 2 aromatic carbocycles. The molecular formula is C18H13N5O4S. The number of benzene rings is 2. The highest BCUT2D eigenvalue weighted by Gasteiger charge is 2.18. The van der Waals surface area contributed by atoms with Crippen molar-refractivity contribution in [1.82, 2.24) is 9.97 Å². The summed E-state index contributed by atoms with van der Waals surface area (Å²) in [6.07, 6.45) is 4.42. The Morgan fingerprint density at radius 1 is 1.04 bits per heavy atom. The van der Waals surface area contributed by atoms with Crippen LogP contribution in [0.25, 0.3) is 22.4 Å². The molecule has 0 saturated carbocycles. The second-order valence-corrected chi connectivity index (χ2v) is 7.16.